The molecule has 6 nitrogen and oxygen atoms in total. The van der Waals surface area contributed by atoms with Gasteiger partial charge in [0.25, 0.3) is 11.8 Å². The number of amides is 2. The lowest BCUT2D eigenvalue weighted by Crippen LogP contribution is -2.12. The van der Waals surface area contributed by atoms with Gasteiger partial charge in [0.2, 0.25) is 0 Å². The van der Waals surface area contributed by atoms with E-state index >= 15 is 0 Å². The van der Waals surface area contributed by atoms with Crippen molar-refractivity contribution in [1.82, 2.24) is 4.98 Å². The van der Waals surface area contributed by atoms with Gasteiger partial charge in [-0.3, -0.25) is 9.59 Å². The Morgan fingerprint density at radius 1 is 0.727 bits per heavy atom. The van der Waals surface area contributed by atoms with Crippen LogP contribution in [0.1, 0.15) is 32.1 Å². The Morgan fingerprint density at radius 2 is 1.36 bits per heavy atom. The normalized spacial score (nSPS) is 10.5. The van der Waals surface area contributed by atoms with Gasteiger partial charge in [0.05, 0.1) is 5.69 Å². The van der Waals surface area contributed by atoms with Gasteiger partial charge >= 0.3 is 0 Å². The van der Waals surface area contributed by atoms with Crippen molar-refractivity contribution in [2.75, 3.05) is 16.0 Å². The molecule has 1 aromatic heterocycles. The Morgan fingerprint density at radius 3 is 2.00 bits per heavy atom. The van der Waals surface area contributed by atoms with Crippen LogP contribution >= 0.6 is 0 Å². The molecule has 0 radical (unpaired) electrons. The van der Waals surface area contributed by atoms with Crippen LogP contribution in [0, 0.1) is 19.7 Å². The summed E-state index contributed by atoms with van der Waals surface area (Å²) in [5, 5.41) is 8.50. The van der Waals surface area contributed by atoms with Gasteiger partial charge in [0.15, 0.2) is 0 Å². The number of rotatable bonds is 6. The van der Waals surface area contributed by atoms with Crippen molar-refractivity contribution in [3.8, 4) is 0 Å². The van der Waals surface area contributed by atoms with Gasteiger partial charge < -0.3 is 20.9 Å². The van der Waals surface area contributed by atoms with Crippen molar-refractivity contribution in [3.05, 3.63) is 107 Å². The lowest BCUT2D eigenvalue weighted by Gasteiger charge is -2.11. The Bertz CT molecular complexity index is 1290. The fourth-order valence-electron chi connectivity index (χ4n) is 3.23. The van der Waals surface area contributed by atoms with Gasteiger partial charge in [-0.2, -0.15) is 0 Å². The average Bonchev–Trinajstić information content (AvgIpc) is 3.24. The molecule has 33 heavy (non-hydrogen) atoms. The molecule has 0 fully saturated rings. The van der Waals surface area contributed by atoms with E-state index in [1.807, 2.05) is 26.0 Å². The molecule has 0 saturated heterocycles. The summed E-state index contributed by atoms with van der Waals surface area (Å²) in [6, 6.07) is 22.2. The number of aryl methyl sites for hydroxylation is 2. The summed E-state index contributed by atoms with van der Waals surface area (Å²) in [6.45, 7) is 3.81. The molecule has 0 aliphatic heterocycles. The summed E-state index contributed by atoms with van der Waals surface area (Å²) in [4.78, 5) is 27.5. The monoisotopic (exact) mass is 442 g/mol. The quantitative estimate of drug-likeness (QED) is 0.295. The van der Waals surface area contributed by atoms with E-state index in [2.05, 4.69) is 20.9 Å². The summed E-state index contributed by atoms with van der Waals surface area (Å²) in [6.07, 6.45) is 0. The first-order valence-electron chi connectivity index (χ1n) is 10.4. The predicted molar refractivity (Wildman–Crippen MR) is 129 cm³/mol. The second-order valence-corrected chi connectivity index (χ2v) is 7.73. The minimum absolute atomic E-state index is 0.200. The summed E-state index contributed by atoms with van der Waals surface area (Å²) >= 11 is 0. The molecule has 0 bridgehead atoms. The maximum Gasteiger partial charge on any atom is 0.272 e. The Hall–Kier alpha value is -4.39. The van der Waals surface area contributed by atoms with Crippen molar-refractivity contribution in [1.29, 1.82) is 0 Å². The van der Waals surface area contributed by atoms with Gasteiger partial charge in [0.1, 0.15) is 11.5 Å². The number of halogens is 1. The summed E-state index contributed by atoms with van der Waals surface area (Å²) < 4.78 is 14.6. The predicted octanol–water partition coefficient (Wildman–Crippen LogP) is 6.02. The number of H-pyrrole nitrogens is 1. The fourth-order valence-corrected chi connectivity index (χ4v) is 3.23. The van der Waals surface area contributed by atoms with E-state index in [-0.39, 0.29) is 17.5 Å². The van der Waals surface area contributed by atoms with E-state index in [1.165, 1.54) is 6.07 Å². The molecule has 4 N–H and O–H groups in total. The van der Waals surface area contributed by atoms with Gasteiger partial charge in [-0.15, -0.1) is 0 Å². The van der Waals surface area contributed by atoms with E-state index in [0.717, 1.165) is 11.3 Å². The third kappa shape index (κ3) is 5.46. The highest BCUT2D eigenvalue weighted by Crippen LogP contribution is 2.24. The number of carbonyl (C=O) groups is 2. The van der Waals surface area contributed by atoms with E-state index in [0.29, 0.717) is 28.3 Å². The lowest BCUT2D eigenvalue weighted by atomic mass is 10.1. The molecule has 0 saturated carbocycles. The lowest BCUT2D eigenvalue weighted by molar-refractivity contribution is 0.101. The molecule has 0 spiro atoms. The van der Waals surface area contributed by atoms with Crippen LogP contribution in [0.25, 0.3) is 0 Å². The number of benzene rings is 3. The SMILES string of the molecule is Cc1ccc(C(=O)Nc2ccc(Nc3ccc(NC(=O)c4ccc(C)[nH]4)cc3F)cc2)cc1. The Labute approximate surface area is 190 Å². The van der Waals surface area contributed by atoms with E-state index < -0.39 is 5.82 Å². The molecule has 0 unspecified atom stereocenters. The number of anilines is 4. The molecule has 4 rings (SSSR count). The molecule has 3 aromatic carbocycles. The van der Waals surface area contributed by atoms with Gasteiger partial charge in [-0.05, 0) is 80.6 Å². The molecular weight excluding hydrogens is 419 g/mol. The fraction of sp³-hybridized carbons (Fsp3) is 0.0769. The molecule has 0 atom stereocenters. The third-order valence-corrected chi connectivity index (χ3v) is 5.04. The molecule has 166 valence electrons. The van der Waals surface area contributed by atoms with Gasteiger partial charge in [-0.25, -0.2) is 4.39 Å². The van der Waals surface area contributed by atoms with Gasteiger partial charge in [0, 0.05) is 28.3 Å². The zero-order chi connectivity index (χ0) is 23.4. The van der Waals surface area contributed by atoms with Crippen molar-refractivity contribution in [2.24, 2.45) is 0 Å². The first-order chi connectivity index (χ1) is 15.9. The number of aromatic nitrogens is 1. The van der Waals surface area contributed by atoms with Crippen molar-refractivity contribution in [3.63, 3.8) is 0 Å². The Balaban J connectivity index is 1.38. The highest BCUT2D eigenvalue weighted by Gasteiger charge is 2.10. The first-order valence-corrected chi connectivity index (χ1v) is 10.4. The highest BCUT2D eigenvalue weighted by atomic mass is 19.1. The minimum atomic E-state index is -0.507. The van der Waals surface area contributed by atoms with Crippen LogP contribution in [0.3, 0.4) is 0 Å². The van der Waals surface area contributed by atoms with Crippen LogP contribution in [-0.2, 0) is 0 Å². The van der Waals surface area contributed by atoms with Crippen LogP contribution in [0.2, 0.25) is 0 Å². The standard InChI is InChI=1S/C26H23FN4O2/c1-16-3-6-18(7-4-16)25(32)30-20-10-8-19(9-11-20)29-23-14-12-21(15-22(23)27)31-26(33)24-13-5-17(2)28-24/h3-15,28-29H,1-2H3,(H,30,32)(H,31,33). The maximum absolute atomic E-state index is 14.6. The van der Waals surface area contributed by atoms with Crippen molar-refractivity contribution in [2.45, 2.75) is 13.8 Å². The van der Waals surface area contributed by atoms with Gasteiger partial charge in [-0.1, -0.05) is 17.7 Å². The Kier molecular flexibility index (Phi) is 6.22. The highest BCUT2D eigenvalue weighted by molar-refractivity contribution is 6.04. The zero-order valence-electron chi connectivity index (χ0n) is 18.2. The summed E-state index contributed by atoms with van der Waals surface area (Å²) in [7, 11) is 0. The second-order valence-electron chi connectivity index (χ2n) is 7.73. The van der Waals surface area contributed by atoms with Crippen LogP contribution in [0.15, 0.2) is 78.9 Å². The molecule has 1 heterocycles. The van der Waals surface area contributed by atoms with Crippen molar-refractivity contribution >= 4 is 34.6 Å². The van der Waals surface area contributed by atoms with E-state index in [1.54, 1.807) is 60.7 Å². The summed E-state index contributed by atoms with van der Waals surface area (Å²) in [5.74, 6) is -1.05. The largest absolute Gasteiger partial charge is 0.355 e. The van der Waals surface area contributed by atoms with Crippen LogP contribution in [0.5, 0.6) is 0 Å². The number of hydrogen-bond acceptors (Lipinski definition) is 3. The second kappa shape index (κ2) is 9.40. The number of carbonyl (C=O) groups excluding carboxylic acids is 2. The smallest absolute Gasteiger partial charge is 0.272 e. The maximum atomic E-state index is 14.6. The molecule has 0 aliphatic carbocycles. The van der Waals surface area contributed by atoms with Crippen molar-refractivity contribution < 1.29 is 14.0 Å². The number of aromatic amines is 1. The first kappa shape index (κ1) is 21.8. The zero-order valence-corrected chi connectivity index (χ0v) is 18.2. The average molecular weight is 442 g/mol. The topological polar surface area (TPSA) is 86.0 Å². The summed E-state index contributed by atoms with van der Waals surface area (Å²) in [5.41, 5.74) is 4.83. The molecule has 0 aliphatic rings. The molecular formula is C26H23FN4O2. The van der Waals surface area contributed by atoms with E-state index in [4.69, 9.17) is 0 Å². The van der Waals surface area contributed by atoms with Crippen LogP contribution in [-0.4, -0.2) is 16.8 Å². The number of hydrogen-bond donors (Lipinski definition) is 4. The van der Waals surface area contributed by atoms with E-state index in [9.17, 15) is 14.0 Å². The van der Waals surface area contributed by atoms with Crippen LogP contribution < -0.4 is 16.0 Å². The number of nitrogens with one attached hydrogen (secondary N) is 4. The van der Waals surface area contributed by atoms with Crippen LogP contribution in [0.4, 0.5) is 27.1 Å². The molecule has 2 amide bonds. The molecule has 7 heteroatoms. The third-order valence-electron chi connectivity index (χ3n) is 5.04. The minimum Gasteiger partial charge on any atom is -0.355 e. The molecule has 4 aromatic rings.